The summed E-state index contributed by atoms with van der Waals surface area (Å²) in [6.45, 7) is 7.13. The molecule has 0 spiro atoms. The number of anilines is 1. The summed E-state index contributed by atoms with van der Waals surface area (Å²) >= 11 is 0. The first-order valence-corrected chi connectivity index (χ1v) is 9.73. The number of benzene rings is 2. The van der Waals surface area contributed by atoms with Gasteiger partial charge in [-0.3, -0.25) is 4.79 Å². The van der Waals surface area contributed by atoms with Gasteiger partial charge < -0.3 is 21.1 Å². The molecule has 0 bridgehead atoms. The summed E-state index contributed by atoms with van der Waals surface area (Å²) in [7, 11) is 0. The van der Waals surface area contributed by atoms with E-state index in [4.69, 9.17) is 10.5 Å². The van der Waals surface area contributed by atoms with E-state index in [1.54, 1.807) is 0 Å². The third-order valence-electron chi connectivity index (χ3n) is 4.33. The molecule has 0 aliphatic heterocycles. The van der Waals surface area contributed by atoms with Crippen LogP contribution in [0.4, 0.5) is 5.69 Å². The molecule has 4 N–H and O–H groups in total. The standard InChI is InChI=1S/C22H30N4O2/c1-4-17-10-8-11-18(5-2)21(17)26-22(23)25-14-16-9-7-12-19(13-16)28-15-20(27)24-6-3/h7-13H,4-6,14-15H2,1-3H3,(H,24,27)(H3,23,25,26). The minimum atomic E-state index is -0.138. The molecule has 0 heterocycles. The third-order valence-corrected chi connectivity index (χ3v) is 4.33. The number of hydrogen-bond acceptors (Lipinski definition) is 3. The molecule has 0 radical (unpaired) electrons. The summed E-state index contributed by atoms with van der Waals surface area (Å²) in [5, 5.41) is 5.97. The van der Waals surface area contributed by atoms with Crippen LogP contribution in [0.3, 0.4) is 0 Å². The molecule has 28 heavy (non-hydrogen) atoms. The van der Waals surface area contributed by atoms with Crippen LogP contribution in [-0.4, -0.2) is 25.0 Å². The highest BCUT2D eigenvalue weighted by Crippen LogP contribution is 2.22. The molecule has 0 aliphatic rings. The lowest BCUT2D eigenvalue weighted by molar-refractivity contribution is -0.122. The minimum Gasteiger partial charge on any atom is -0.484 e. The number of hydrogen-bond donors (Lipinski definition) is 3. The molecule has 0 saturated heterocycles. The number of nitrogens with zero attached hydrogens (tertiary/aromatic N) is 1. The fourth-order valence-electron chi connectivity index (χ4n) is 2.88. The summed E-state index contributed by atoms with van der Waals surface area (Å²) in [5.41, 5.74) is 10.6. The molecule has 0 saturated carbocycles. The zero-order chi connectivity index (χ0) is 20.4. The molecule has 0 aromatic heterocycles. The number of nitrogens with one attached hydrogen (secondary N) is 2. The van der Waals surface area contributed by atoms with Gasteiger partial charge in [-0.15, -0.1) is 0 Å². The maximum absolute atomic E-state index is 11.5. The molecular weight excluding hydrogens is 352 g/mol. The molecule has 0 aliphatic carbocycles. The summed E-state index contributed by atoms with van der Waals surface area (Å²) < 4.78 is 5.52. The highest BCUT2D eigenvalue weighted by Gasteiger charge is 2.07. The van der Waals surface area contributed by atoms with Crippen LogP contribution in [0, 0.1) is 0 Å². The summed E-state index contributed by atoms with van der Waals surface area (Å²) in [4.78, 5) is 16.0. The molecule has 2 rings (SSSR count). The SMILES string of the molecule is CCNC(=O)COc1cccc(CN=C(N)Nc2c(CC)cccc2CC)c1. The number of ether oxygens (including phenoxy) is 1. The van der Waals surface area contributed by atoms with Crippen molar-refractivity contribution in [2.75, 3.05) is 18.5 Å². The van der Waals surface area contributed by atoms with E-state index >= 15 is 0 Å². The van der Waals surface area contributed by atoms with Gasteiger partial charge >= 0.3 is 0 Å². The van der Waals surface area contributed by atoms with Crippen molar-refractivity contribution in [1.29, 1.82) is 0 Å². The number of amides is 1. The van der Waals surface area contributed by atoms with E-state index < -0.39 is 0 Å². The predicted octanol–water partition coefficient (Wildman–Crippen LogP) is 3.25. The van der Waals surface area contributed by atoms with Gasteiger partial charge in [0.15, 0.2) is 12.6 Å². The lowest BCUT2D eigenvalue weighted by atomic mass is 10.0. The lowest BCUT2D eigenvalue weighted by Gasteiger charge is -2.15. The maximum atomic E-state index is 11.5. The average molecular weight is 383 g/mol. The lowest BCUT2D eigenvalue weighted by Crippen LogP contribution is -2.28. The number of guanidine groups is 1. The van der Waals surface area contributed by atoms with Crippen molar-refractivity contribution in [3.05, 3.63) is 59.2 Å². The van der Waals surface area contributed by atoms with Crippen LogP contribution < -0.4 is 21.1 Å². The van der Waals surface area contributed by atoms with Crippen molar-refractivity contribution < 1.29 is 9.53 Å². The van der Waals surface area contributed by atoms with E-state index in [0.29, 0.717) is 24.8 Å². The van der Waals surface area contributed by atoms with E-state index in [9.17, 15) is 4.79 Å². The second kappa shape index (κ2) is 11.0. The van der Waals surface area contributed by atoms with Crippen LogP contribution >= 0.6 is 0 Å². The molecule has 2 aromatic carbocycles. The molecule has 0 atom stereocenters. The summed E-state index contributed by atoms with van der Waals surface area (Å²) in [6.07, 6.45) is 1.85. The number of nitrogens with two attached hydrogens (primary N) is 1. The van der Waals surface area contributed by atoms with Gasteiger partial charge in [-0.25, -0.2) is 4.99 Å². The second-order valence-corrected chi connectivity index (χ2v) is 6.37. The molecule has 2 aromatic rings. The van der Waals surface area contributed by atoms with E-state index in [1.165, 1.54) is 11.1 Å². The Labute approximate surface area is 167 Å². The van der Waals surface area contributed by atoms with Gasteiger partial charge in [0, 0.05) is 12.2 Å². The van der Waals surface area contributed by atoms with Gasteiger partial charge in [-0.05, 0) is 48.6 Å². The van der Waals surface area contributed by atoms with Crippen LogP contribution in [-0.2, 0) is 24.2 Å². The van der Waals surface area contributed by atoms with Crippen molar-refractivity contribution in [1.82, 2.24) is 5.32 Å². The van der Waals surface area contributed by atoms with Gasteiger partial charge in [0.1, 0.15) is 5.75 Å². The Kier molecular flexibility index (Phi) is 8.34. The largest absolute Gasteiger partial charge is 0.484 e. The van der Waals surface area contributed by atoms with Crippen LogP contribution in [0.15, 0.2) is 47.5 Å². The number of aliphatic imine (C=N–C) groups is 1. The number of carbonyl (C=O) groups excluding carboxylic acids is 1. The Morgan fingerprint density at radius 2 is 1.75 bits per heavy atom. The summed E-state index contributed by atoms with van der Waals surface area (Å²) in [5.74, 6) is 0.875. The minimum absolute atomic E-state index is 0.00213. The number of rotatable bonds is 9. The van der Waals surface area contributed by atoms with Gasteiger partial charge in [0.25, 0.3) is 5.91 Å². The number of aryl methyl sites for hydroxylation is 2. The first-order valence-electron chi connectivity index (χ1n) is 9.73. The topological polar surface area (TPSA) is 88.7 Å². The molecule has 0 fully saturated rings. The van der Waals surface area contributed by atoms with Crippen molar-refractivity contribution in [2.45, 2.75) is 40.2 Å². The molecule has 1 amide bonds. The zero-order valence-corrected chi connectivity index (χ0v) is 16.9. The normalized spacial score (nSPS) is 11.2. The third kappa shape index (κ3) is 6.30. The van der Waals surface area contributed by atoms with Gasteiger partial charge in [-0.2, -0.15) is 0 Å². The van der Waals surface area contributed by atoms with Crippen LogP contribution in [0.2, 0.25) is 0 Å². The van der Waals surface area contributed by atoms with Crippen molar-refractivity contribution in [3.8, 4) is 5.75 Å². The molecule has 6 heteroatoms. The van der Waals surface area contributed by atoms with Crippen molar-refractivity contribution in [3.63, 3.8) is 0 Å². The van der Waals surface area contributed by atoms with Crippen molar-refractivity contribution in [2.24, 2.45) is 10.7 Å². The smallest absolute Gasteiger partial charge is 0.257 e. The van der Waals surface area contributed by atoms with Gasteiger partial charge in [0.05, 0.1) is 6.54 Å². The monoisotopic (exact) mass is 382 g/mol. The number of likely N-dealkylation sites (N-methyl/N-ethyl adjacent to an activating group) is 1. The highest BCUT2D eigenvalue weighted by molar-refractivity contribution is 5.93. The van der Waals surface area contributed by atoms with Gasteiger partial charge in [-0.1, -0.05) is 44.2 Å². The Bertz CT molecular complexity index is 796. The zero-order valence-electron chi connectivity index (χ0n) is 16.9. The fourth-order valence-corrected chi connectivity index (χ4v) is 2.88. The first-order chi connectivity index (χ1) is 13.6. The first kappa shape index (κ1) is 21.3. The maximum Gasteiger partial charge on any atom is 0.257 e. The van der Waals surface area contributed by atoms with E-state index in [1.807, 2.05) is 31.2 Å². The number of carbonyl (C=O) groups is 1. The van der Waals surface area contributed by atoms with Gasteiger partial charge in [0.2, 0.25) is 0 Å². The van der Waals surface area contributed by atoms with E-state index in [2.05, 4.69) is 47.7 Å². The number of para-hydroxylation sites is 1. The molecular formula is C22H30N4O2. The van der Waals surface area contributed by atoms with E-state index in [0.717, 1.165) is 24.1 Å². The molecule has 0 unspecified atom stereocenters. The van der Waals surface area contributed by atoms with Crippen LogP contribution in [0.25, 0.3) is 0 Å². The van der Waals surface area contributed by atoms with Crippen molar-refractivity contribution >= 4 is 17.6 Å². The Hall–Kier alpha value is -3.02. The summed E-state index contributed by atoms with van der Waals surface area (Å²) in [6, 6.07) is 13.8. The second-order valence-electron chi connectivity index (χ2n) is 6.37. The quantitative estimate of drug-likeness (QED) is 0.459. The average Bonchev–Trinajstić information content (AvgIpc) is 2.71. The van der Waals surface area contributed by atoms with E-state index in [-0.39, 0.29) is 12.5 Å². The van der Waals surface area contributed by atoms with Crippen LogP contribution in [0.1, 0.15) is 37.5 Å². The Morgan fingerprint density at radius 1 is 1.07 bits per heavy atom. The Balaban J connectivity index is 2.02. The Morgan fingerprint density at radius 3 is 2.39 bits per heavy atom. The fraction of sp³-hybridized carbons (Fsp3) is 0.364. The highest BCUT2D eigenvalue weighted by atomic mass is 16.5. The predicted molar refractivity (Wildman–Crippen MR) is 115 cm³/mol. The molecule has 6 nitrogen and oxygen atoms in total. The van der Waals surface area contributed by atoms with Crippen LogP contribution in [0.5, 0.6) is 5.75 Å². The molecule has 150 valence electrons.